The Morgan fingerprint density at radius 2 is 1.59 bits per heavy atom. The Bertz CT molecular complexity index is 1300. The van der Waals surface area contributed by atoms with Gasteiger partial charge < -0.3 is 10.1 Å². The fourth-order valence-corrected chi connectivity index (χ4v) is 3.79. The minimum Gasteiger partial charge on any atom is -0.512 e. The second-order valence-corrected chi connectivity index (χ2v) is 13.6. The van der Waals surface area contributed by atoms with Crippen molar-refractivity contribution in [3.05, 3.63) is 77.2 Å². The molecule has 39 heavy (non-hydrogen) atoms. The summed E-state index contributed by atoms with van der Waals surface area (Å²) in [5.74, 6) is 0.686. The number of hydrogen-bond acceptors (Lipinski definition) is 3. The van der Waals surface area contributed by atoms with Crippen LogP contribution in [0.4, 0.5) is 0 Å². The Morgan fingerprint density at radius 3 is 2.10 bits per heavy atom. The van der Waals surface area contributed by atoms with Crippen molar-refractivity contribution in [2.24, 2.45) is 10.8 Å². The van der Waals surface area contributed by atoms with Crippen molar-refractivity contribution in [3.63, 3.8) is 0 Å². The molecule has 1 N–H and O–H groups in total. The Morgan fingerprint density at radius 1 is 0.974 bits per heavy atom. The molecule has 0 saturated heterocycles. The molecule has 0 saturated carbocycles. The van der Waals surface area contributed by atoms with Gasteiger partial charge in [0.25, 0.3) is 0 Å². The molecule has 2 aromatic carbocycles. The van der Waals surface area contributed by atoms with E-state index in [0.717, 1.165) is 23.2 Å². The number of aromatic nitrogens is 1. The molecular formula is C35H48IrNO2-. The molecule has 0 fully saturated rings. The maximum Gasteiger partial charge on any atom is 0.164 e. The zero-order valence-electron chi connectivity index (χ0n) is 26.0. The summed E-state index contributed by atoms with van der Waals surface area (Å²) in [6.45, 7) is 24.5. The first-order valence-electron chi connectivity index (χ1n) is 13.7. The number of nitrogens with zero attached hydrogens (tertiary/aromatic N) is 1. The Labute approximate surface area is 250 Å². The summed E-state index contributed by atoms with van der Waals surface area (Å²) >= 11 is 0. The van der Waals surface area contributed by atoms with Crippen LogP contribution in [0.2, 0.25) is 0 Å². The normalized spacial score (nSPS) is 13.3. The van der Waals surface area contributed by atoms with E-state index in [9.17, 15) is 9.90 Å². The molecule has 215 valence electrons. The number of hydrogen-bond donors (Lipinski definition) is 1. The van der Waals surface area contributed by atoms with Gasteiger partial charge in [-0.15, -0.1) is 34.9 Å². The minimum absolute atomic E-state index is 0. The van der Waals surface area contributed by atoms with E-state index >= 15 is 0 Å². The molecular weight excluding hydrogens is 659 g/mol. The number of allylic oxidation sites excluding steroid dienone is 2. The van der Waals surface area contributed by atoms with Gasteiger partial charge in [0.05, 0.1) is 0 Å². The zero-order valence-corrected chi connectivity index (χ0v) is 28.4. The molecule has 0 bridgehead atoms. The number of ketones is 1. The van der Waals surface area contributed by atoms with Crippen molar-refractivity contribution >= 4 is 16.6 Å². The number of fused-ring (bicyclic) bond motifs is 1. The van der Waals surface area contributed by atoms with Crippen molar-refractivity contribution in [2.75, 3.05) is 0 Å². The van der Waals surface area contributed by atoms with Crippen LogP contribution in [0.25, 0.3) is 22.0 Å². The largest absolute Gasteiger partial charge is 0.512 e. The van der Waals surface area contributed by atoms with Crippen LogP contribution < -0.4 is 0 Å². The molecule has 3 rings (SSSR count). The van der Waals surface area contributed by atoms with Crippen LogP contribution >= 0.6 is 0 Å². The summed E-state index contributed by atoms with van der Waals surface area (Å²) in [6.07, 6.45) is 4.41. The van der Waals surface area contributed by atoms with Gasteiger partial charge in [-0.3, -0.25) is 4.79 Å². The maximum absolute atomic E-state index is 11.5. The fourth-order valence-electron chi connectivity index (χ4n) is 3.79. The van der Waals surface area contributed by atoms with E-state index in [1.165, 1.54) is 28.0 Å². The van der Waals surface area contributed by atoms with Crippen LogP contribution in [0.3, 0.4) is 0 Å². The van der Waals surface area contributed by atoms with Gasteiger partial charge in [-0.25, -0.2) is 0 Å². The van der Waals surface area contributed by atoms with Crippen LogP contribution in [0.15, 0.2) is 54.4 Å². The van der Waals surface area contributed by atoms with Crippen LogP contribution in [0.1, 0.15) is 105 Å². The summed E-state index contributed by atoms with van der Waals surface area (Å²) in [4.78, 5) is 16.2. The number of carbonyl (C=O) groups is 1. The summed E-state index contributed by atoms with van der Waals surface area (Å²) in [6, 6.07) is 16.9. The average Bonchev–Trinajstić information content (AvgIpc) is 2.81. The van der Waals surface area contributed by atoms with E-state index in [4.69, 9.17) is 4.98 Å². The molecule has 0 spiro atoms. The van der Waals surface area contributed by atoms with Crippen LogP contribution in [0.5, 0.6) is 0 Å². The first-order chi connectivity index (χ1) is 17.3. The maximum atomic E-state index is 11.5. The smallest absolute Gasteiger partial charge is 0.164 e. The summed E-state index contributed by atoms with van der Waals surface area (Å²) < 4.78 is 0. The van der Waals surface area contributed by atoms with E-state index in [-0.39, 0.29) is 42.5 Å². The first kappa shape index (κ1) is 34.7. The number of aryl methyl sites for hydroxylation is 1. The van der Waals surface area contributed by atoms with Crippen molar-refractivity contribution < 1.29 is 30.0 Å². The number of benzene rings is 2. The molecule has 4 heteroatoms. The SMILES string of the molecule is CC(C)(C)C(=O)/C=C(\O)C(C)(C)C.CCC(C)c1ccc2c(-c3[c-]c(C)cc(C(C)(C)C)c3)nccc2c1.[Ir]. The third-order valence-electron chi connectivity index (χ3n) is 6.87. The molecule has 0 aliphatic carbocycles. The summed E-state index contributed by atoms with van der Waals surface area (Å²) in [5, 5.41) is 12.0. The van der Waals surface area contributed by atoms with Gasteiger partial charge in [-0.1, -0.05) is 101 Å². The van der Waals surface area contributed by atoms with Crippen molar-refractivity contribution in [2.45, 2.75) is 101 Å². The summed E-state index contributed by atoms with van der Waals surface area (Å²) in [5.41, 5.74) is 5.36. The molecule has 1 unspecified atom stereocenters. The molecule has 3 aromatic rings. The minimum atomic E-state index is -0.417. The number of aliphatic hydroxyl groups is 1. The van der Waals surface area contributed by atoms with E-state index in [1.54, 1.807) is 0 Å². The summed E-state index contributed by atoms with van der Waals surface area (Å²) in [7, 11) is 0. The second kappa shape index (κ2) is 13.4. The molecule has 1 heterocycles. The fraction of sp³-hybridized carbons (Fsp3) is 0.486. The molecule has 0 amide bonds. The quantitative estimate of drug-likeness (QED) is 0.167. The standard InChI is InChI=1S/C24H28N.C11H20O2.Ir/c1-7-17(3)18-8-9-22-19(14-18)10-11-25-23(22)20-12-16(2)13-21(15-20)24(4,5)6;1-10(2,3)8(12)7-9(13)11(4,5)6;/h8-11,13-15,17H,7H2,1-6H3;7,12H,1-6H3;/q-1;;/b;8-7-;. The molecule has 0 aliphatic heterocycles. The van der Waals surface area contributed by atoms with E-state index < -0.39 is 5.41 Å². The number of aliphatic hydroxyl groups excluding tert-OH is 1. The van der Waals surface area contributed by atoms with Crippen molar-refractivity contribution in [3.8, 4) is 11.3 Å². The zero-order chi connectivity index (χ0) is 29.1. The Balaban J connectivity index is 0.000000466. The second-order valence-electron chi connectivity index (χ2n) is 13.6. The van der Waals surface area contributed by atoms with Crippen LogP contribution in [0, 0.1) is 23.8 Å². The van der Waals surface area contributed by atoms with Crippen molar-refractivity contribution in [1.82, 2.24) is 4.98 Å². The van der Waals surface area contributed by atoms with Gasteiger partial charge in [0.2, 0.25) is 0 Å². The van der Waals surface area contributed by atoms with E-state index in [1.807, 2.05) is 47.7 Å². The third kappa shape index (κ3) is 9.69. The van der Waals surface area contributed by atoms with Crippen LogP contribution in [-0.2, 0) is 30.3 Å². The van der Waals surface area contributed by atoms with Gasteiger partial charge in [-0.05, 0) is 45.8 Å². The van der Waals surface area contributed by atoms with Gasteiger partial charge in [0.1, 0.15) is 5.76 Å². The van der Waals surface area contributed by atoms with E-state index in [2.05, 4.69) is 84.0 Å². The molecule has 3 nitrogen and oxygen atoms in total. The molecule has 1 atom stereocenters. The monoisotopic (exact) mass is 707 g/mol. The predicted molar refractivity (Wildman–Crippen MR) is 163 cm³/mol. The third-order valence-corrected chi connectivity index (χ3v) is 6.87. The van der Waals surface area contributed by atoms with Gasteiger partial charge in [0.15, 0.2) is 5.78 Å². The van der Waals surface area contributed by atoms with E-state index in [0.29, 0.717) is 5.92 Å². The Kier molecular flexibility index (Phi) is 11.9. The van der Waals surface area contributed by atoms with Gasteiger partial charge in [-0.2, -0.15) is 0 Å². The molecule has 1 aromatic heterocycles. The molecule has 1 radical (unpaired) electrons. The van der Waals surface area contributed by atoms with Gasteiger partial charge >= 0.3 is 0 Å². The number of pyridine rings is 1. The first-order valence-corrected chi connectivity index (χ1v) is 13.7. The predicted octanol–water partition coefficient (Wildman–Crippen LogP) is 9.91. The number of rotatable bonds is 4. The van der Waals surface area contributed by atoms with Gasteiger partial charge in [0, 0.05) is 43.2 Å². The Hall–Kier alpha value is -2.29. The molecule has 0 aliphatic rings. The van der Waals surface area contributed by atoms with Crippen LogP contribution in [-0.4, -0.2) is 15.9 Å². The number of carbonyl (C=O) groups excluding carboxylic acids is 1. The van der Waals surface area contributed by atoms with Crippen molar-refractivity contribution in [1.29, 1.82) is 0 Å². The topological polar surface area (TPSA) is 50.2 Å². The average molecular weight is 707 g/mol.